The zero-order valence-corrected chi connectivity index (χ0v) is 15.5. The molecule has 3 aromatic rings. The van der Waals surface area contributed by atoms with Crippen LogP contribution in [-0.4, -0.2) is 21.7 Å². The van der Waals surface area contributed by atoms with Gasteiger partial charge in [-0.3, -0.25) is 14.3 Å². The van der Waals surface area contributed by atoms with Crippen LogP contribution >= 0.6 is 11.6 Å². The second kappa shape index (κ2) is 7.75. The number of amides is 1. The Balaban J connectivity index is 1.86. The van der Waals surface area contributed by atoms with Crippen LogP contribution in [0.4, 0.5) is 10.1 Å². The molecule has 0 aliphatic rings. The number of rotatable bonds is 5. The molecule has 0 radical (unpaired) electrons. The van der Waals surface area contributed by atoms with Crippen LogP contribution in [0, 0.1) is 5.82 Å². The molecule has 0 unspecified atom stereocenters. The molecule has 0 aliphatic carbocycles. The number of hydrogen-bond donors (Lipinski definition) is 1. The van der Waals surface area contributed by atoms with Gasteiger partial charge in [0.2, 0.25) is 0 Å². The van der Waals surface area contributed by atoms with E-state index in [1.807, 2.05) is 19.1 Å². The molecule has 140 valence electrons. The molecule has 0 saturated carbocycles. The Labute approximate surface area is 159 Å². The fourth-order valence-corrected chi connectivity index (χ4v) is 2.84. The molecule has 0 saturated heterocycles. The van der Waals surface area contributed by atoms with Gasteiger partial charge in [0.05, 0.1) is 16.2 Å². The van der Waals surface area contributed by atoms with Crippen molar-refractivity contribution in [1.29, 1.82) is 0 Å². The highest BCUT2D eigenvalue weighted by Crippen LogP contribution is 2.31. The van der Waals surface area contributed by atoms with E-state index in [-0.39, 0.29) is 28.6 Å². The van der Waals surface area contributed by atoms with E-state index in [9.17, 15) is 14.0 Å². The van der Waals surface area contributed by atoms with Crippen LogP contribution in [0.5, 0.6) is 5.75 Å². The molecular formula is C19H17ClFN3O3. The molecule has 2 aromatic carbocycles. The molecule has 0 atom stereocenters. The van der Waals surface area contributed by atoms with Crippen molar-refractivity contribution in [2.45, 2.75) is 19.8 Å². The van der Waals surface area contributed by atoms with Crippen LogP contribution in [0.15, 0.2) is 36.4 Å². The molecule has 1 aromatic heterocycles. The number of carbonyl (C=O) groups is 2. The highest BCUT2D eigenvalue weighted by molar-refractivity contribution is 6.34. The molecule has 0 aliphatic heterocycles. The van der Waals surface area contributed by atoms with E-state index in [2.05, 4.69) is 10.4 Å². The van der Waals surface area contributed by atoms with Gasteiger partial charge >= 0.3 is 5.97 Å². The second-order valence-corrected chi connectivity index (χ2v) is 6.34. The summed E-state index contributed by atoms with van der Waals surface area (Å²) in [5.41, 5.74) is 1.05. The monoisotopic (exact) mass is 389 g/mol. The largest absolute Gasteiger partial charge is 0.423 e. The summed E-state index contributed by atoms with van der Waals surface area (Å²) in [6, 6.07) is 9.43. The number of fused-ring (bicyclic) bond motifs is 1. The highest BCUT2D eigenvalue weighted by Gasteiger charge is 2.19. The van der Waals surface area contributed by atoms with E-state index in [4.69, 9.17) is 16.3 Å². The number of carbonyl (C=O) groups excluding carboxylic acids is 2. The van der Waals surface area contributed by atoms with Crippen molar-refractivity contribution in [3.05, 3.63) is 52.9 Å². The Morgan fingerprint density at radius 2 is 2.04 bits per heavy atom. The quantitative estimate of drug-likeness (QED) is 0.521. The summed E-state index contributed by atoms with van der Waals surface area (Å²) in [5.74, 6) is -2.15. The minimum atomic E-state index is -0.801. The third-order valence-corrected chi connectivity index (χ3v) is 4.23. The minimum Gasteiger partial charge on any atom is -0.423 e. The number of halogens is 2. The van der Waals surface area contributed by atoms with Gasteiger partial charge in [-0.15, -0.1) is 0 Å². The van der Waals surface area contributed by atoms with E-state index in [0.29, 0.717) is 11.8 Å². The zero-order valence-electron chi connectivity index (χ0n) is 14.8. The Hall–Kier alpha value is -2.93. The molecule has 0 fully saturated rings. The van der Waals surface area contributed by atoms with E-state index >= 15 is 0 Å². The minimum absolute atomic E-state index is 0.0456. The zero-order chi connectivity index (χ0) is 19.6. The summed E-state index contributed by atoms with van der Waals surface area (Å²) < 4.78 is 20.8. The molecular weight excluding hydrogens is 373 g/mol. The maximum Gasteiger partial charge on any atom is 0.311 e. The van der Waals surface area contributed by atoms with E-state index in [1.165, 1.54) is 0 Å². The van der Waals surface area contributed by atoms with Gasteiger partial charge in [0.1, 0.15) is 0 Å². The molecule has 27 heavy (non-hydrogen) atoms. The summed E-state index contributed by atoms with van der Waals surface area (Å²) in [6.45, 7) is 1.81. The van der Waals surface area contributed by atoms with Gasteiger partial charge in [0.15, 0.2) is 17.3 Å². The topological polar surface area (TPSA) is 73.2 Å². The van der Waals surface area contributed by atoms with Crippen LogP contribution < -0.4 is 10.1 Å². The fourth-order valence-electron chi connectivity index (χ4n) is 2.64. The van der Waals surface area contributed by atoms with Gasteiger partial charge in [-0.25, -0.2) is 4.39 Å². The molecule has 0 bridgehead atoms. The lowest BCUT2D eigenvalue weighted by molar-refractivity contribution is -0.134. The van der Waals surface area contributed by atoms with Crippen molar-refractivity contribution in [2.75, 3.05) is 5.32 Å². The van der Waals surface area contributed by atoms with E-state index < -0.39 is 17.7 Å². The third kappa shape index (κ3) is 3.93. The van der Waals surface area contributed by atoms with Crippen LogP contribution in [0.1, 0.15) is 30.3 Å². The van der Waals surface area contributed by atoms with Crippen molar-refractivity contribution in [3.8, 4) is 5.75 Å². The number of benzene rings is 2. The van der Waals surface area contributed by atoms with Gasteiger partial charge < -0.3 is 10.1 Å². The summed E-state index contributed by atoms with van der Waals surface area (Å²) in [7, 11) is 1.73. The van der Waals surface area contributed by atoms with Crippen molar-refractivity contribution in [2.24, 2.45) is 7.05 Å². The number of aryl methyl sites for hydroxylation is 1. The Morgan fingerprint density at radius 1 is 1.30 bits per heavy atom. The molecule has 3 rings (SSSR count). The number of anilines is 1. The predicted octanol–water partition coefficient (Wildman–Crippen LogP) is 4.32. The Kier molecular flexibility index (Phi) is 5.41. The summed E-state index contributed by atoms with van der Waals surface area (Å²) >= 11 is 6.12. The smallest absolute Gasteiger partial charge is 0.311 e. The number of para-hydroxylation sites is 1. The Morgan fingerprint density at radius 3 is 2.78 bits per heavy atom. The lowest BCUT2D eigenvalue weighted by Gasteiger charge is -2.10. The number of hydrogen-bond acceptors (Lipinski definition) is 4. The SMILES string of the molecule is CCCC(=O)Oc1cc(Cl)c(NC(=O)c2nn(C)c3ccccc23)cc1F. The molecule has 8 heteroatoms. The van der Waals surface area contributed by atoms with E-state index in [1.54, 1.807) is 23.9 Å². The van der Waals surface area contributed by atoms with E-state index in [0.717, 1.165) is 17.6 Å². The number of nitrogens with one attached hydrogen (secondary N) is 1. The molecule has 6 nitrogen and oxygen atoms in total. The number of esters is 1. The summed E-state index contributed by atoms with van der Waals surface area (Å²) in [4.78, 5) is 24.1. The average Bonchev–Trinajstić information content (AvgIpc) is 2.97. The first-order valence-corrected chi connectivity index (χ1v) is 8.71. The van der Waals surface area contributed by atoms with Gasteiger partial charge in [-0.2, -0.15) is 5.10 Å². The number of nitrogens with zero attached hydrogens (tertiary/aromatic N) is 2. The van der Waals surface area contributed by atoms with Gasteiger partial charge in [0.25, 0.3) is 5.91 Å². The van der Waals surface area contributed by atoms with Gasteiger partial charge in [-0.05, 0) is 12.5 Å². The molecule has 0 spiro atoms. The average molecular weight is 390 g/mol. The number of ether oxygens (including phenoxy) is 1. The Bertz CT molecular complexity index is 1030. The standard InChI is InChI=1S/C19H17ClFN3O3/c1-3-6-17(25)27-16-9-12(20)14(10-13(16)21)22-19(26)18-11-7-4-5-8-15(11)24(2)23-18/h4-5,7-10H,3,6H2,1-2H3,(H,22,26). The molecule has 1 heterocycles. The van der Waals surface area contributed by atoms with Crippen LogP contribution in [0.3, 0.4) is 0 Å². The van der Waals surface area contributed by atoms with Gasteiger partial charge in [0, 0.05) is 31.0 Å². The van der Waals surface area contributed by atoms with Crippen LogP contribution in [0.25, 0.3) is 10.9 Å². The highest BCUT2D eigenvalue weighted by atomic mass is 35.5. The number of aromatic nitrogens is 2. The third-order valence-electron chi connectivity index (χ3n) is 3.92. The fraction of sp³-hybridized carbons (Fsp3) is 0.211. The normalized spacial score (nSPS) is 10.8. The van der Waals surface area contributed by atoms with Crippen molar-refractivity contribution in [3.63, 3.8) is 0 Å². The second-order valence-electron chi connectivity index (χ2n) is 5.93. The lowest BCUT2D eigenvalue weighted by Crippen LogP contribution is -2.14. The molecule has 1 amide bonds. The predicted molar refractivity (Wildman–Crippen MR) is 101 cm³/mol. The first-order valence-electron chi connectivity index (χ1n) is 8.33. The van der Waals surface area contributed by atoms with Crippen molar-refractivity contribution < 1.29 is 18.7 Å². The van der Waals surface area contributed by atoms with Gasteiger partial charge in [-0.1, -0.05) is 36.7 Å². The maximum absolute atomic E-state index is 14.2. The summed E-state index contributed by atoms with van der Waals surface area (Å²) in [6.07, 6.45) is 0.753. The van der Waals surface area contributed by atoms with Crippen molar-refractivity contribution >= 4 is 40.1 Å². The lowest BCUT2D eigenvalue weighted by atomic mass is 10.2. The van der Waals surface area contributed by atoms with Crippen molar-refractivity contribution in [1.82, 2.24) is 9.78 Å². The van der Waals surface area contributed by atoms with Crippen LogP contribution in [0.2, 0.25) is 5.02 Å². The first-order chi connectivity index (χ1) is 12.9. The summed E-state index contributed by atoms with van der Waals surface area (Å²) in [5, 5.41) is 7.48. The maximum atomic E-state index is 14.2. The first kappa shape index (κ1) is 18.8. The molecule has 1 N–H and O–H groups in total. The van der Waals surface area contributed by atoms with Crippen LogP contribution in [-0.2, 0) is 11.8 Å².